The molecule has 2 rings (SSSR count). The third kappa shape index (κ3) is 4.16. The lowest BCUT2D eigenvalue weighted by Gasteiger charge is -2.13. The molecule has 0 saturated carbocycles. The number of rotatable bonds is 5. The number of hydrogen-bond acceptors (Lipinski definition) is 2. The van der Waals surface area contributed by atoms with Crippen LogP contribution in [-0.2, 0) is 6.42 Å². The molecule has 1 nitrogen and oxygen atoms in total. The molecule has 0 amide bonds. The molecule has 2 aromatic rings. The number of aliphatic hydroxyl groups is 1. The van der Waals surface area contributed by atoms with Crippen molar-refractivity contribution in [3.63, 3.8) is 0 Å². The summed E-state index contributed by atoms with van der Waals surface area (Å²) in [5, 5.41) is 11.6. The Hall–Kier alpha value is -0.670. The average Bonchev–Trinajstić information content (AvgIpc) is 2.44. The molecule has 0 heterocycles. The molecule has 0 fully saturated rings. The van der Waals surface area contributed by atoms with Crippen molar-refractivity contribution in [2.24, 2.45) is 0 Å². The fraction of sp³-hybridized carbons (Fsp3) is 0.250. The molecule has 2 aromatic carbocycles. The van der Waals surface area contributed by atoms with E-state index in [1.807, 2.05) is 24.3 Å². The number of aliphatic hydroxyl groups excluding tert-OH is 1. The zero-order chi connectivity index (χ0) is 14.5. The minimum Gasteiger partial charge on any atom is -0.388 e. The molecule has 1 N–H and O–H groups in total. The molecule has 0 aliphatic carbocycles. The minimum absolute atomic E-state index is 0.458. The van der Waals surface area contributed by atoms with Crippen molar-refractivity contribution in [2.75, 3.05) is 5.75 Å². The summed E-state index contributed by atoms with van der Waals surface area (Å²) in [7, 11) is 0. The fourth-order valence-electron chi connectivity index (χ4n) is 1.98. The number of hydrogen-bond donors (Lipinski definition) is 1. The second-order valence-electron chi connectivity index (χ2n) is 4.46. The zero-order valence-corrected chi connectivity index (χ0v) is 13.5. The first kappa shape index (κ1) is 15.7. The van der Waals surface area contributed by atoms with Gasteiger partial charge >= 0.3 is 0 Å². The van der Waals surface area contributed by atoms with Gasteiger partial charge in [0.25, 0.3) is 0 Å². The maximum Gasteiger partial charge on any atom is 0.0830 e. The minimum atomic E-state index is -0.577. The van der Waals surface area contributed by atoms with Crippen LogP contribution in [0.2, 0.25) is 10.0 Å². The van der Waals surface area contributed by atoms with Gasteiger partial charge in [-0.2, -0.15) is 0 Å². The summed E-state index contributed by atoms with van der Waals surface area (Å²) in [5.41, 5.74) is 1.75. The van der Waals surface area contributed by atoms with Crippen LogP contribution >= 0.6 is 35.0 Å². The van der Waals surface area contributed by atoms with Crippen LogP contribution < -0.4 is 0 Å². The van der Waals surface area contributed by atoms with Gasteiger partial charge in [-0.15, -0.1) is 11.8 Å². The van der Waals surface area contributed by atoms with E-state index < -0.39 is 6.10 Å². The largest absolute Gasteiger partial charge is 0.388 e. The van der Waals surface area contributed by atoms with E-state index in [0.29, 0.717) is 16.5 Å². The zero-order valence-electron chi connectivity index (χ0n) is 11.1. The Morgan fingerprint density at radius 3 is 2.45 bits per heavy atom. The highest BCUT2D eigenvalue weighted by Crippen LogP contribution is 2.27. The smallest absolute Gasteiger partial charge is 0.0830 e. The second kappa shape index (κ2) is 7.37. The van der Waals surface area contributed by atoms with Gasteiger partial charge in [0.2, 0.25) is 0 Å². The van der Waals surface area contributed by atoms with E-state index in [1.54, 1.807) is 30.0 Å². The van der Waals surface area contributed by atoms with Crippen LogP contribution in [0.15, 0.2) is 47.4 Å². The van der Waals surface area contributed by atoms with Crippen LogP contribution in [0, 0.1) is 0 Å². The van der Waals surface area contributed by atoms with E-state index in [4.69, 9.17) is 23.2 Å². The summed E-state index contributed by atoms with van der Waals surface area (Å²) >= 11 is 13.9. The molecule has 0 saturated heterocycles. The van der Waals surface area contributed by atoms with Gasteiger partial charge in [-0.05, 0) is 47.2 Å². The molecule has 4 heteroatoms. The van der Waals surface area contributed by atoms with Crippen molar-refractivity contribution < 1.29 is 5.11 Å². The number of benzene rings is 2. The van der Waals surface area contributed by atoms with E-state index in [9.17, 15) is 5.11 Å². The van der Waals surface area contributed by atoms with Crippen LogP contribution in [0.3, 0.4) is 0 Å². The van der Waals surface area contributed by atoms with Crippen molar-refractivity contribution >= 4 is 35.0 Å². The van der Waals surface area contributed by atoms with E-state index >= 15 is 0 Å². The third-order valence-corrected chi connectivity index (χ3v) is 4.49. The normalized spacial score (nSPS) is 12.4. The van der Waals surface area contributed by atoms with Crippen LogP contribution in [0.5, 0.6) is 0 Å². The lowest BCUT2D eigenvalue weighted by molar-refractivity contribution is 0.178. The number of thioether (sulfide) groups is 1. The highest BCUT2D eigenvalue weighted by atomic mass is 35.5. The van der Waals surface area contributed by atoms with Crippen molar-refractivity contribution in [3.8, 4) is 0 Å². The predicted octanol–water partition coefficient (Wildman–Crippen LogP) is 5.38. The SMILES string of the molecule is CCSc1ccc(C(O)Cc2cc(Cl)ccc2Cl)cc1. The van der Waals surface area contributed by atoms with Crippen LogP contribution in [0.1, 0.15) is 24.2 Å². The predicted molar refractivity (Wildman–Crippen MR) is 88.0 cm³/mol. The highest BCUT2D eigenvalue weighted by molar-refractivity contribution is 7.99. The van der Waals surface area contributed by atoms with Gasteiger partial charge in [-0.25, -0.2) is 0 Å². The molecule has 0 bridgehead atoms. The van der Waals surface area contributed by atoms with E-state index in [1.165, 1.54) is 4.90 Å². The Labute approximate surface area is 133 Å². The quantitative estimate of drug-likeness (QED) is 0.744. The molecule has 0 radical (unpaired) electrons. The van der Waals surface area contributed by atoms with Gasteiger partial charge in [0.15, 0.2) is 0 Å². The Balaban J connectivity index is 2.11. The van der Waals surface area contributed by atoms with Crippen molar-refractivity contribution in [1.82, 2.24) is 0 Å². The van der Waals surface area contributed by atoms with Gasteiger partial charge < -0.3 is 5.11 Å². The van der Waals surface area contributed by atoms with Crippen molar-refractivity contribution in [1.29, 1.82) is 0 Å². The first-order valence-electron chi connectivity index (χ1n) is 6.45. The first-order chi connectivity index (χ1) is 9.60. The molecule has 0 aliphatic rings. The Morgan fingerprint density at radius 2 is 1.80 bits per heavy atom. The van der Waals surface area contributed by atoms with Gasteiger partial charge in [-0.3, -0.25) is 0 Å². The standard InChI is InChI=1S/C16H16Cl2OS/c1-2-20-14-6-3-11(4-7-14)16(19)10-12-9-13(17)5-8-15(12)18/h3-9,16,19H,2,10H2,1H3. The van der Waals surface area contributed by atoms with Crippen LogP contribution in [0.25, 0.3) is 0 Å². The summed E-state index contributed by atoms with van der Waals surface area (Å²) in [4.78, 5) is 1.21. The Morgan fingerprint density at radius 1 is 1.10 bits per heavy atom. The lowest BCUT2D eigenvalue weighted by Crippen LogP contribution is -2.02. The van der Waals surface area contributed by atoms with Gasteiger partial charge in [-0.1, -0.05) is 42.3 Å². The van der Waals surface area contributed by atoms with E-state index in [0.717, 1.165) is 16.9 Å². The molecule has 1 unspecified atom stereocenters. The van der Waals surface area contributed by atoms with Gasteiger partial charge in [0.1, 0.15) is 0 Å². The summed E-state index contributed by atoms with van der Waals surface area (Å²) in [6.07, 6.45) is -0.119. The molecule has 0 aromatic heterocycles. The molecular formula is C16H16Cl2OS. The molecule has 0 aliphatic heterocycles. The van der Waals surface area contributed by atoms with Crippen LogP contribution in [-0.4, -0.2) is 10.9 Å². The second-order valence-corrected chi connectivity index (χ2v) is 6.64. The van der Waals surface area contributed by atoms with Gasteiger partial charge in [0, 0.05) is 21.4 Å². The van der Waals surface area contributed by atoms with E-state index in [2.05, 4.69) is 6.92 Å². The summed E-state index contributed by atoms with van der Waals surface area (Å²) in [5.74, 6) is 1.04. The lowest BCUT2D eigenvalue weighted by atomic mass is 10.0. The maximum absolute atomic E-state index is 10.3. The van der Waals surface area contributed by atoms with Crippen molar-refractivity contribution in [3.05, 3.63) is 63.6 Å². The molecule has 106 valence electrons. The molecule has 1 atom stereocenters. The van der Waals surface area contributed by atoms with Crippen molar-refractivity contribution in [2.45, 2.75) is 24.3 Å². The van der Waals surface area contributed by atoms with Gasteiger partial charge in [0.05, 0.1) is 6.10 Å². The fourth-order valence-corrected chi connectivity index (χ4v) is 3.03. The highest BCUT2D eigenvalue weighted by Gasteiger charge is 2.11. The molecule has 20 heavy (non-hydrogen) atoms. The number of halogens is 2. The third-order valence-electron chi connectivity index (χ3n) is 3.00. The maximum atomic E-state index is 10.3. The summed E-state index contributed by atoms with van der Waals surface area (Å²) in [6.45, 7) is 2.12. The first-order valence-corrected chi connectivity index (χ1v) is 8.19. The van der Waals surface area contributed by atoms with Crippen LogP contribution in [0.4, 0.5) is 0 Å². The molecular weight excluding hydrogens is 311 g/mol. The average molecular weight is 327 g/mol. The summed E-state index contributed by atoms with van der Waals surface area (Å²) < 4.78 is 0. The molecule has 0 spiro atoms. The Bertz CT molecular complexity index is 569. The Kier molecular flexibility index (Phi) is 5.79. The monoisotopic (exact) mass is 326 g/mol. The topological polar surface area (TPSA) is 20.2 Å². The van der Waals surface area contributed by atoms with E-state index in [-0.39, 0.29) is 0 Å². The summed E-state index contributed by atoms with van der Waals surface area (Å²) in [6, 6.07) is 13.3.